The monoisotopic (exact) mass is 254 g/mol. The molecule has 0 saturated heterocycles. The van der Waals surface area contributed by atoms with E-state index in [4.69, 9.17) is 17.3 Å². The van der Waals surface area contributed by atoms with Crippen molar-refractivity contribution in [1.29, 1.82) is 0 Å². The van der Waals surface area contributed by atoms with Crippen LogP contribution in [0.15, 0.2) is 24.3 Å². The molecule has 0 saturated carbocycles. The number of carbonyl (C=O) groups excluding carboxylic acids is 1. The molecular weight excluding hydrogens is 236 g/mol. The van der Waals surface area contributed by atoms with E-state index in [1.54, 1.807) is 12.1 Å². The van der Waals surface area contributed by atoms with E-state index in [0.717, 1.165) is 18.5 Å². The third-order valence-electron chi connectivity index (χ3n) is 2.95. The summed E-state index contributed by atoms with van der Waals surface area (Å²) in [7, 11) is 0. The highest BCUT2D eigenvalue weighted by Crippen LogP contribution is 2.27. The molecule has 1 amide bonds. The Bertz CT molecular complexity index is 395. The van der Waals surface area contributed by atoms with E-state index in [-0.39, 0.29) is 5.91 Å². The van der Waals surface area contributed by atoms with E-state index >= 15 is 0 Å². The van der Waals surface area contributed by atoms with Crippen LogP contribution in [0, 0.1) is 0 Å². The zero-order chi connectivity index (χ0) is 12.9. The molecule has 1 atom stereocenters. The van der Waals surface area contributed by atoms with E-state index < -0.39 is 5.54 Å². The normalized spacial score (nSPS) is 14.3. The maximum Gasteiger partial charge on any atom is 0.242 e. The zero-order valence-corrected chi connectivity index (χ0v) is 11.1. The van der Waals surface area contributed by atoms with Gasteiger partial charge in [0.05, 0.1) is 0 Å². The minimum atomic E-state index is -0.819. The molecule has 0 aromatic heterocycles. The number of benzene rings is 1. The Morgan fingerprint density at radius 3 is 2.65 bits per heavy atom. The van der Waals surface area contributed by atoms with Gasteiger partial charge < -0.3 is 5.73 Å². The molecule has 0 bridgehead atoms. The van der Waals surface area contributed by atoms with Crippen molar-refractivity contribution in [1.82, 2.24) is 5.32 Å². The van der Waals surface area contributed by atoms with Crippen molar-refractivity contribution < 1.29 is 4.79 Å². The molecule has 1 aromatic carbocycles. The highest BCUT2D eigenvalue weighted by atomic mass is 35.5. The van der Waals surface area contributed by atoms with Crippen LogP contribution in [0.3, 0.4) is 0 Å². The molecule has 0 aliphatic heterocycles. The van der Waals surface area contributed by atoms with Crippen molar-refractivity contribution in [2.24, 2.45) is 5.73 Å². The second-order valence-corrected chi connectivity index (χ2v) is 4.50. The molecule has 0 fully saturated rings. The van der Waals surface area contributed by atoms with Gasteiger partial charge in [0.2, 0.25) is 5.91 Å². The van der Waals surface area contributed by atoms with Crippen LogP contribution in [-0.2, 0) is 10.3 Å². The molecule has 1 unspecified atom stereocenters. The van der Waals surface area contributed by atoms with Crippen LogP contribution in [0.4, 0.5) is 0 Å². The number of carbonyl (C=O) groups is 1. The Morgan fingerprint density at radius 2 is 2.18 bits per heavy atom. The number of nitrogens with one attached hydrogen (secondary N) is 1. The van der Waals surface area contributed by atoms with Crippen molar-refractivity contribution in [3.8, 4) is 0 Å². The number of amides is 1. The van der Waals surface area contributed by atoms with Gasteiger partial charge in [-0.25, -0.2) is 0 Å². The van der Waals surface area contributed by atoms with Gasteiger partial charge in [0.15, 0.2) is 0 Å². The summed E-state index contributed by atoms with van der Waals surface area (Å²) in [6.07, 6.45) is 1.54. The molecule has 1 aromatic rings. The second kappa shape index (κ2) is 6.03. The lowest BCUT2D eigenvalue weighted by molar-refractivity contribution is -0.125. The van der Waals surface area contributed by atoms with Crippen LogP contribution in [0.5, 0.6) is 0 Å². The predicted molar refractivity (Wildman–Crippen MR) is 70.9 cm³/mol. The number of primary amides is 1. The number of hydrogen-bond donors (Lipinski definition) is 2. The fourth-order valence-corrected chi connectivity index (χ4v) is 2.12. The van der Waals surface area contributed by atoms with Crippen molar-refractivity contribution in [3.05, 3.63) is 34.9 Å². The fraction of sp³-hybridized carbons (Fsp3) is 0.462. The van der Waals surface area contributed by atoms with Crippen LogP contribution < -0.4 is 11.1 Å². The van der Waals surface area contributed by atoms with E-state index in [0.29, 0.717) is 11.4 Å². The van der Waals surface area contributed by atoms with Crippen LogP contribution >= 0.6 is 11.6 Å². The molecule has 1 rings (SSSR count). The molecular formula is C13H19ClN2O. The van der Waals surface area contributed by atoms with Gasteiger partial charge in [0.1, 0.15) is 5.54 Å². The van der Waals surface area contributed by atoms with Gasteiger partial charge in [-0.3, -0.25) is 10.1 Å². The Hall–Kier alpha value is -1.06. The van der Waals surface area contributed by atoms with Crippen LogP contribution in [0.2, 0.25) is 5.02 Å². The maximum atomic E-state index is 11.8. The molecule has 0 aliphatic carbocycles. The molecule has 0 aliphatic rings. The van der Waals surface area contributed by atoms with Gasteiger partial charge in [0.25, 0.3) is 0 Å². The minimum Gasteiger partial charge on any atom is -0.368 e. The molecule has 0 spiro atoms. The summed E-state index contributed by atoms with van der Waals surface area (Å²) in [5.41, 5.74) is 5.57. The van der Waals surface area contributed by atoms with E-state index in [9.17, 15) is 4.79 Å². The van der Waals surface area contributed by atoms with Crippen molar-refractivity contribution >= 4 is 17.5 Å². The average Bonchev–Trinajstić information content (AvgIpc) is 2.30. The molecule has 3 N–H and O–H groups in total. The van der Waals surface area contributed by atoms with Crippen molar-refractivity contribution in [3.63, 3.8) is 0 Å². The summed E-state index contributed by atoms with van der Waals surface area (Å²) in [4.78, 5) is 11.8. The lowest BCUT2D eigenvalue weighted by Crippen LogP contribution is -2.52. The van der Waals surface area contributed by atoms with Crippen LogP contribution in [-0.4, -0.2) is 12.5 Å². The lowest BCUT2D eigenvalue weighted by Gasteiger charge is -2.31. The van der Waals surface area contributed by atoms with Gasteiger partial charge in [-0.15, -0.1) is 0 Å². The van der Waals surface area contributed by atoms with Gasteiger partial charge >= 0.3 is 0 Å². The lowest BCUT2D eigenvalue weighted by atomic mass is 9.86. The summed E-state index contributed by atoms with van der Waals surface area (Å²) in [5, 5.41) is 3.85. The van der Waals surface area contributed by atoms with E-state index in [1.807, 2.05) is 26.0 Å². The topological polar surface area (TPSA) is 55.1 Å². The van der Waals surface area contributed by atoms with Gasteiger partial charge in [-0.05, 0) is 37.1 Å². The molecule has 94 valence electrons. The molecule has 3 nitrogen and oxygen atoms in total. The Balaban J connectivity index is 3.16. The number of rotatable bonds is 6. The SMILES string of the molecule is CCCNC(CC)(C(N)=O)c1cccc(Cl)c1. The standard InChI is InChI=1S/C13H19ClN2O/c1-3-8-16-13(4-2,12(15)17)10-6-5-7-11(14)9-10/h5-7,9,16H,3-4,8H2,1-2H3,(H2,15,17). The highest BCUT2D eigenvalue weighted by molar-refractivity contribution is 6.30. The molecule has 4 heteroatoms. The Morgan fingerprint density at radius 1 is 1.47 bits per heavy atom. The largest absolute Gasteiger partial charge is 0.368 e. The quantitative estimate of drug-likeness (QED) is 0.819. The van der Waals surface area contributed by atoms with Gasteiger partial charge in [0, 0.05) is 5.02 Å². The second-order valence-electron chi connectivity index (χ2n) is 4.06. The van der Waals surface area contributed by atoms with Crippen molar-refractivity contribution in [2.45, 2.75) is 32.2 Å². The van der Waals surface area contributed by atoms with Crippen LogP contribution in [0.1, 0.15) is 32.3 Å². The molecule has 0 heterocycles. The zero-order valence-electron chi connectivity index (χ0n) is 10.3. The molecule has 0 radical (unpaired) electrons. The summed E-state index contributed by atoms with van der Waals surface area (Å²) >= 11 is 5.97. The van der Waals surface area contributed by atoms with E-state index in [2.05, 4.69) is 5.32 Å². The summed E-state index contributed by atoms with van der Waals surface area (Å²) in [5.74, 6) is -0.365. The van der Waals surface area contributed by atoms with E-state index in [1.165, 1.54) is 0 Å². The van der Waals surface area contributed by atoms with Gasteiger partial charge in [-0.2, -0.15) is 0 Å². The third kappa shape index (κ3) is 2.99. The Kier molecular flexibility index (Phi) is 4.97. The summed E-state index contributed by atoms with van der Waals surface area (Å²) < 4.78 is 0. The minimum absolute atomic E-state index is 0.365. The average molecular weight is 255 g/mol. The first-order chi connectivity index (χ1) is 8.06. The van der Waals surface area contributed by atoms with Gasteiger partial charge in [-0.1, -0.05) is 37.6 Å². The maximum absolute atomic E-state index is 11.8. The van der Waals surface area contributed by atoms with Crippen LogP contribution in [0.25, 0.3) is 0 Å². The third-order valence-corrected chi connectivity index (χ3v) is 3.18. The number of halogens is 1. The molecule has 17 heavy (non-hydrogen) atoms. The smallest absolute Gasteiger partial charge is 0.242 e. The van der Waals surface area contributed by atoms with Crippen molar-refractivity contribution in [2.75, 3.05) is 6.54 Å². The first kappa shape index (κ1) is 14.0. The number of nitrogens with two attached hydrogens (primary N) is 1. The highest BCUT2D eigenvalue weighted by Gasteiger charge is 2.35. The summed E-state index contributed by atoms with van der Waals surface area (Å²) in [6, 6.07) is 7.28. The fourth-order valence-electron chi connectivity index (χ4n) is 1.93. The number of hydrogen-bond acceptors (Lipinski definition) is 2. The first-order valence-electron chi connectivity index (χ1n) is 5.87. The summed E-state index contributed by atoms with van der Waals surface area (Å²) in [6.45, 7) is 4.73. The predicted octanol–water partition coefficient (Wildman–Crippen LogP) is 2.43. The first-order valence-corrected chi connectivity index (χ1v) is 6.25. The Labute approximate surface area is 107 Å².